The minimum absolute atomic E-state index is 0.0113. The standard InChI is InChI=1S/C16H17Cl2FN2/c1-10(2)21-16(15-6-4-12(19)9-20-15)8-11-3-5-13(17)14(18)7-11/h3-7,9-10,16,21H,8H2,1-2H3. The molecule has 2 aromatic rings. The van der Waals surface area contributed by atoms with Crippen LogP contribution < -0.4 is 5.32 Å². The van der Waals surface area contributed by atoms with Gasteiger partial charge in [0.2, 0.25) is 0 Å². The number of pyridine rings is 1. The molecule has 5 heteroatoms. The lowest BCUT2D eigenvalue weighted by atomic mass is 10.0. The van der Waals surface area contributed by atoms with Gasteiger partial charge in [0.1, 0.15) is 5.82 Å². The molecule has 1 atom stereocenters. The van der Waals surface area contributed by atoms with Crippen molar-refractivity contribution in [2.45, 2.75) is 32.4 Å². The highest BCUT2D eigenvalue weighted by atomic mass is 35.5. The second kappa shape index (κ2) is 7.21. The van der Waals surface area contributed by atoms with Gasteiger partial charge in [-0.25, -0.2) is 4.39 Å². The maximum absolute atomic E-state index is 13.0. The van der Waals surface area contributed by atoms with Gasteiger partial charge in [-0.3, -0.25) is 4.98 Å². The number of benzene rings is 1. The number of nitrogens with zero attached hydrogens (tertiary/aromatic N) is 1. The molecule has 0 aliphatic heterocycles. The van der Waals surface area contributed by atoms with Gasteiger partial charge in [0.15, 0.2) is 0 Å². The Kier molecular flexibility index (Phi) is 5.57. The Balaban J connectivity index is 2.23. The summed E-state index contributed by atoms with van der Waals surface area (Å²) in [5, 5.41) is 4.50. The monoisotopic (exact) mass is 326 g/mol. The Bertz CT molecular complexity index is 600. The number of nitrogens with one attached hydrogen (secondary N) is 1. The number of rotatable bonds is 5. The summed E-state index contributed by atoms with van der Waals surface area (Å²) in [6.07, 6.45) is 1.94. The Morgan fingerprint density at radius 1 is 1.14 bits per heavy atom. The number of aromatic nitrogens is 1. The highest BCUT2D eigenvalue weighted by Crippen LogP contribution is 2.25. The zero-order valence-electron chi connectivity index (χ0n) is 11.9. The molecule has 1 unspecified atom stereocenters. The second-order valence-corrected chi connectivity index (χ2v) is 6.04. The molecule has 1 heterocycles. The van der Waals surface area contributed by atoms with E-state index in [0.717, 1.165) is 11.3 Å². The zero-order chi connectivity index (χ0) is 15.4. The molecule has 0 saturated carbocycles. The van der Waals surface area contributed by atoms with Crippen LogP contribution in [0.2, 0.25) is 10.0 Å². The number of hydrogen-bond donors (Lipinski definition) is 1. The third-order valence-corrected chi connectivity index (χ3v) is 3.80. The van der Waals surface area contributed by atoms with Crippen molar-refractivity contribution in [2.24, 2.45) is 0 Å². The first-order valence-corrected chi connectivity index (χ1v) is 7.52. The minimum atomic E-state index is -0.336. The normalized spacial score (nSPS) is 12.7. The summed E-state index contributed by atoms with van der Waals surface area (Å²) in [6.45, 7) is 4.12. The summed E-state index contributed by atoms with van der Waals surface area (Å²) in [6, 6.07) is 8.96. The lowest BCUT2D eigenvalue weighted by Crippen LogP contribution is -2.30. The third-order valence-electron chi connectivity index (χ3n) is 3.07. The van der Waals surface area contributed by atoms with Gasteiger partial charge >= 0.3 is 0 Å². The molecule has 0 radical (unpaired) electrons. The van der Waals surface area contributed by atoms with E-state index >= 15 is 0 Å². The van der Waals surface area contributed by atoms with E-state index in [-0.39, 0.29) is 17.9 Å². The van der Waals surface area contributed by atoms with Gasteiger partial charge in [0, 0.05) is 6.04 Å². The molecule has 0 aliphatic rings. The molecule has 0 spiro atoms. The molecule has 0 bridgehead atoms. The van der Waals surface area contributed by atoms with Crippen LogP contribution >= 0.6 is 23.2 Å². The Morgan fingerprint density at radius 3 is 2.48 bits per heavy atom. The fraction of sp³-hybridized carbons (Fsp3) is 0.312. The summed E-state index contributed by atoms with van der Waals surface area (Å²) >= 11 is 12.0. The molecule has 21 heavy (non-hydrogen) atoms. The van der Waals surface area contributed by atoms with E-state index in [2.05, 4.69) is 24.1 Å². The molecule has 0 saturated heterocycles. The van der Waals surface area contributed by atoms with Crippen LogP contribution in [0.15, 0.2) is 36.5 Å². The maximum Gasteiger partial charge on any atom is 0.141 e. The SMILES string of the molecule is CC(C)NC(Cc1ccc(Cl)c(Cl)c1)c1ccc(F)cn1. The maximum atomic E-state index is 13.0. The molecule has 0 aliphatic carbocycles. The minimum Gasteiger partial charge on any atom is -0.306 e. The van der Waals surface area contributed by atoms with Crippen LogP contribution in [-0.4, -0.2) is 11.0 Å². The molecule has 112 valence electrons. The van der Waals surface area contributed by atoms with Crippen molar-refractivity contribution in [2.75, 3.05) is 0 Å². The molecular weight excluding hydrogens is 310 g/mol. The highest BCUT2D eigenvalue weighted by molar-refractivity contribution is 6.42. The summed E-state index contributed by atoms with van der Waals surface area (Å²) in [5.41, 5.74) is 1.85. The summed E-state index contributed by atoms with van der Waals surface area (Å²) in [7, 11) is 0. The summed E-state index contributed by atoms with van der Waals surface area (Å²) in [4.78, 5) is 4.17. The topological polar surface area (TPSA) is 24.9 Å². The Morgan fingerprint density at radius 2 is 1.90 bits per heavy atom. The Hall–Kier alpha value is -1.16. The molecule has 2 rings (SSSR count). The van der Waals surface area contributed by atoms with Crippen molar-refractivity contribution in [1.29, 1.82) is 0 Å². The number of halogens is 3. The first-order valence-electron chi connectivity index (χ1n) is 6.77. The van der Waals surface area contributed by atoms with Gasteiger partial charge < -0.3 is 5.32 Å². The van der Waals surface area contributed by atoms with E-state index in [1.165, 1.54) is 12.3 Å². The van der Waals surface area contributed by atoms with Crippen LogP contribution in [0, 0.1) is 5.82 Å². The molecular formula is C16H17Cl2FN2. The quantitative estimate of drug-likeness (QED) is 0.852. The first kappa shape index (κ1) is 16.2. The van der Waals surface area contributed by atoms with E-state index in [0.29, 0.717) is 16.5 Å². The van der Waals surface area contributed by atoms with Crippen LogP contribution in [0.3, 0.4) is 0 Å². The first-order chi connectivity index (χ1) is 9.95. The van der Waals surface area contributed by atoms with E-state index in [9.17, 15) is 4.39 Å². The molecule has 1 N–H and O–H groups in total. The largest absolute Gasteiger partial charge is 0.306 e. The van der Waals surface area contributed by atoms with Gasteiger partial charge in [0.05, 0.1) is 28.0 Å². The van der Waals surface area contributed by atoms with Crippen LogP contribution in [0.1, 0.15) is 31.1 Å². The van der Waals surface area contributed by atoms with Crippen molar-refractivity contribution >= 4 is 23.2 Å². The number of hydrogen-bond acceptors (Lipinski definition) is 2. The van der Waals surface area contributed by atoms with E-state index < -0.39 is 0 Å². The molecule has 0 amide bonds. The average Bonchev–Trinajstić information content (AvgIpc) is 2.42. The fourth-order valence-electron chi connectivity index (χ4n) is 2.15. The lowest BCUT2D eigenvalue weighted by molar-refractivity contribution is 0.464. The predicted octanol–water partition coefficient (Wildman–Crippen LogP) is 4.81. The lowest BCUT2D eigenvalue weighted by Gasteiger charge is -2.21. The van der Waals surface area contributed by atoms with Crippen LogP contribution in [0.4, 0.5) is 4.39 Å². The highest BCUT2D eigenvalue weighted by Gasteiger charge is 2.15. The van der Waals surface area contributed by atoms with Gasteiger partial charge in [-0.15, -0.1) is 0 Å². The smallest absolute Gasteiger partial charge is 0.141 e. The molecule has 0 fully saturated rings. The van der Waals surface area contributed by atoms with E-state index in [1.54, 1.807) is 12.1 Å². The second-order valence-electron chi connectivity index (χ2n) is 5.23. The van der Waals surface area contributed by atoms with Crippen molar-refractivity contribution in [3.8, 4) is 0 Å². The zero-order valence-corrected chi connectivity index (χ0v) is 13.4. The molecule has 1 aromatic carbocycles. The fourth-order valence-corrected chi connectivity index (χ4v) is 2.47. The summed E-state index contributed by atoms with van der Waals surface area (Å²) in [5.74, 6) is -0.336. The van der Waals surface area contributed by atoms with Gasteiger partial charge in [-0.05, 0) is 36.2 Å². The van der Waals surface area contributed by atoms with Crippen molar-refractivity contribution in [3.05, 3.63) is 63.6 Å². The van der Waals surface area contributed by atoms with E-state index in [1.807, 2.05) is 12.1 Å². The van der Waals surface area contributed by atoms with Gasteiger partial charge in [-0.1, -0.05) is 43.1 Å². The van der Waals surface area contributed by atoms with Gasteiger partial charge in [-0.2, -0.15) is 0 Å². The van der Waals surface area contributed by atoms with Crippen molar-refractivity contribution in [1.82, 2.24) is 10.3 Å². The average molecular weight is 327 g/mol. The van der Waals surface area contributed by atoms with Crippen LogP contribution in [0.5, 0.6) is 0 Å². The van der Waals surface area contributed by atoms with E-state index in [4.69, 9.17) is 23.2 Å². The molecule has 1 aromatic heterocycles. The Labute approximate surface area is 134 Å². The predicted molar refractivity (Wildman–Crippen MR) is 85.4 cm³/mol. The van der Waals surface area contributed by atoms with Crippen LogP contribution in [-0.2, 0) is 6.42 Å². The molecule has 2 nitrogen and oxygen atoms in total. The van der Waals surface area contributed by atoms with Crippen molar-refractivity contribution < 1.29 is 4.39 Å². The van der Waals surface area contributed by atoms with Gasteiger partial charge in [0.25, 0.3) is 0 Å². The third kappa shape index (κ3) is 4.67. The van der Waals surface area contributed by atoms with Crippen LogP contribution in [0.25, 0.3) is 0 Å². The summed E-state index contributed by atoms with van der Waals surface area (Å²) < 4.78 is 13.0. The van der Waals surface area contributed by atoms with Crippen molar-refractivity contribution in [3.63, 3.8) is 0 Å².